The van der Waals surface area contributed by atoms with Crippen LogP contribution in [0.3, 0.4) is 0 Å². The van der Waals surface area contributed by atoms with Crippen LogP contribution in [0, 0.1) is 6.92 Å². The van der Waals surface area contributed by atoms with Gasteiger partial charge in [-0.1, -0.05) is 12.1 Å². The molecule has 0 spiro atoms. The largest absolute Gasteiger partial charge is 0.507 e. The maximum absolute atomic E-state index is 12.2. The summed E-state index contributed by atoms with van der Waals surface area (Å²) in [6.45, 7) is 2.14. The topological polar surface area (TPSA) is 69.2 Å². The van der Waals surface area contributed by atoms with Crippen LogP contribution < -0.4 is 0 Å². The van der Waals surface area contributed by atoms with E-state index >= 15 is 0 Å². The monoisotopic (exact) mass is 245 g/mol. The summed E-state index contributed by atoms with van der Waals surface area (Å²) in [5, 5.41) is 9.87. The highest BCUT2D eigenvalue weighted by atomic mass is 16.3. The van der Waals surface area contributed by atoms with Crippen molar-refractivity contribution in [3.05, 3.63) is 47.5 Å². The van der Waals surface area contributed by atoms with Gasteiger partial charge in [0.15, 0.2) is 0 Å². The third-order valence-electron chi connectivity index (χ3n) is 2.76. The van der Waals surface area contributed by atoms with Gasteiger partial charge in [0, 0.05) is 19.4 Å². The molecule has 1 aromatic carbocycles. The van der Waals surface area contributed by atoms with Crippen LogP contribution in [0.25, 0.3) is 0 Å². The van der Waals surface area contributed by atoms with E-state index in [2.05, 4.69) is 9.97 Å². The second kappa shape index (κ2) is 4.91. The van der Waals surface area contributed by atoms with Crippen LogP contribution in [0.4, 0.5) is 0 Å². The number of hydrogen-bond acceptors (Lipinski definition) is 3. The minimum Gasteiger partial charge on any atom is -0.507 e. The molecule has 0 aliphatic carbocycles. The number of hydrogen-bond donors (Lipinski definition) is 2. The van der Waals surface area contributed by atoms with E-state index in [1.807, 2.05) is 0 Å². The van der Waals surface area contributed by atoms with Crippen LogP contribution >= 0.6 is 0 Å². The maximum atomic E-state index is 12.2. The van der Waals surface area contributed by atoms with Crippen LogP contribution in [0.15, 0.2) is 30.6 Å². The molecule has 5 heteroatoms. The third-order valence-corrected chi connectivity index (χ3v) is 2.76. The number of imidazole rings is 1. The Bertz CT molecular complexity index is 549. The number of aryl methyl sites for hydroxylation is 1. The Kier molecular flexibility index (Phi) is 3.32. The molecule has 0 aliphatic rings. The van der Waals surface area contributed by atoms with Crippen molar-refractivity contribution >= 4 is 5.91 Å². The number of nitrogens with zero attached hydrogens (tertiary/aromatic N) is 2. The lowest BCUT2D eigenvalue weighted by Gasteiger charge is -2.17. The molecule has 0 unspecified atom stereocenters. The summed E-state index contributed by atoms with van der Waals surface area (Å²) in [5.41, 5.74) is 0.997. The Labute approximate surface area is 105 Å². The number of aromatic hydroxyl groups is 1. The van der Waals surface area contributed by atoms with Crippen molar-refractivity contribution < 1.29 is 9.90 Å². The smallest absolute Gasteiger partial charge is 0.257 e. The van der Waals surface area contributed by atoms with Gasteiger partial charge in [0.05, 0.1) is 12.1 Å². The van der Waals surface area contributed by atoms with E-state index in [4.69, 9.17) is 0 Å². The minimum atomic E-state index is -0.229. The van der Waals surface area contributed by atoms with Crippen molar-refractivity contribution in [1.82, 2.24) is 14.9 Å². The van der Waals surface area contributed by atoms with E-state index in [0.717, 1.165) is 0 Å². The highest BCUT2D eigenvalue weighted by Gasteiger charge is 2.17. The number of aromatic nitrogens is 2. The number of phenolic OH excluding ortho intramolecular Hbond substituents is 1. The molecule has 0 fully saturated rings. The molecule has 1 heterocycles. The normalized spacial score (nSPS) is 10.3. The molecule has 0 aliphatic heterocycles. The summed E-state index contributed by atoms with van der Waals surface area (Å²) < 4.78 is 0. The van der Waals surface area contributed by atoms with Gasteiger partial charge in [-0.2, -0.15) is 0 Å². The standard InChI is InChI=1S/C13H15N3O2/c1-9-4-3-5-10(12(9)17)13(18)16(2)8-11-14-6-7-15-11/h3-7,17H,8H2,1-2H3,(H,14,15). The first-order chi connectivity index (χ1) is 8.59. The van der Waals surface area contributed by atoms with E-state index in [-0.39, 0.29) is 11.7 Å². The highest BCUT2D eigenvalue weighted by Crippen LogP contribution is 2.22. The SMILES string of the molecule is Cc1cccc(C(=O)N(C)Cc2ncc[nH]2)c1O. The quantitative estimate of drug-likeness (QED) is 0.864. The number of para-hydroxylation sites is 1. The van der Waals surface area contributed by atoms with Crippen LogP contribution in [0.1, 0.15) is 21.7 Å². The molecule has 2 N–H and O–H groups in total. The molecular formula is C13H15N3O2. The zero-order chi connectivity index (χ0) is 13.1. The number of H-pyrrole nitrogens is 1. The van der Waals surface area contributed by atoms with Crippen molar-refractivity contribution in [2.75, 3.05) is 7.05 Å². The minimum absolute atomic E-state index is 0.0359. The second-order valence-electron chi connectivity index (χ2n) is 4.17. The molecule has 94 valence electrons. The number of aromatic amines is 1. The Balaban J connectivity index is 2.18. The summed E-state index contributed by atoms with van der Waals surface area (Å²) in [7, 11) is 1.67. The van der Waals surface area contributed by atoms with Gasteiger partial charge >= 0.3 is 0 Å². The summed E-state index contributed by atoms with van der Waals surface area (Å²) in [5.74, 6) is 0.513. The van der Waals surface area contributed by atoms with Crippen molar-refractivity contribution in [2.24, 2.45) is 0 Å². The van der Waals surface area contributed by atoms with Gasteiger partial charge in [-0.3, -0.25) is 4.79 Å². The van der Waals surface area contributed by atoms with Crippen molar-refractivity contribution in [1.29, 1.82) is 0 Å². The lowest BCUT2D eigenvalue weighted by molar-refractivity contribution is 0.0778. The van der Waals surface area contributed by atoms with Crippen LogP contribution in [0.2, 0.25) is 0 Å². The Morgan fingerprint density at radius 3 is 2.94 bits per heavy atom. The molecule has 0 bridgehead atoms. The van der Waals surface area contributed by atoms with Gasteiger partial charge in [0.1, 0.15) is 11.6 Å². The van der Waals surface area contributed by atoms with Gasteiger partial charge < -0.3 is 15.0 Å². The number of amides is 1. The zero-order valence-electron chi connectivity index (χ0n) is 10.3. The number of rotatable bonds is 3. The number of carbonyl (C=O) groups is 1. The molecule has 2 rings (SSSR count). The fourth-order valence-electron chi connectivity index (χ4n) is 1.72. The lowest BCUT2D eigenvalue weighted by atomic mass is 10.1. The average molecular weight is 245 g/mol. The molecule has 0 saturated carbocycles. The first-order valence-corrected chi connectivity index (χ1v) is 5.62. The summed E-state index contributed by atoms with van der Waals surface area (Å²) in [6, 6.07) is 5.13. The van der Waals surface area contributed by atoms with Gasteiger partial charge in [0.25, 0.3) is 5.91 Å². The summed E-state index contributed by atoms with van der Waals surface area (Å²) in [4.78, 5) is 20.7. The van der Waals surface area contributed by atoms with Crippen molar-refractivity contribution in [2.45, 2.75) is 13.5 Å². The van der Waals surface area contributed by atoms with Gasteiger partial charge in [-0.25, -0.2) is 4.98 Å². The summed E-state index contributed by atoms with van der Waals surface area (Å²) >= 11 is 0. The molecule has 0 radical (unpaired) electrons. The predicted molar refractivity (Wildman–Crippen MR) is 67.2 cm³/mol. The number of nitrogens with one attached hydrogen (secondary N) is 1. The average Bonchev–Trinajstić information content (AvgIpc) is 2.84. The number of phenols is 1. The molecule has 2 aromatic rings. The fraction of sp³-hybridized carbons (Fsp3) is 0.231. The molecule has 0 atom stereocenters. The predicted octanol–water partition coefficient (Wildman–Crippen LogP) is 1.70. The van der Waals surface area contributed by atoms with E-state index in [1.54, 1.807) is 44.6 Å². The molecular weight excluding hydrogens is 230 g/mol. The van der Waals surface area contributed by atoms with Gasteiger partial charge in [0.2, 0.25) is 0 Å². The van der Waals surface area contributed by atoms with E-state index < -0.39 is 0 Å². The lowest BCUT2D eigenvalue weighted by Crippen LogP contribution is -2.26. The molecule has 5 nitrogen and oxygen atoms in total. The van der Waals surface area contributed by atoms with E-state index in [9.17, 15) is 9.90 Å². The van der Waals surface area contributed by atoms with Crippen molar-refractivity contribution in [3.8, 4) is 5.75 Å². The Hall–Kier alpha value is -2.30. The van der Waals surface area contributed by atoms with E-state index in [0.29, 0.717) is 23.5 Å². The number of benzene rings is 1. The third kappa shape index (κ3) is 2.34. The fourth-order valence-corrected chi connectivity index (χ4v) is 1.72. The van der Waals surface area contributed by atoms with E-state index in [1.165, 1.54) is 4.90 Å². The van der Waals surface area contributed by atoms with Crippen LogP contribution in [-0.4, -0.2) is 32.9 Å². The number of carbonyl (C=O) groups excluding carboxylic acids is 1. The first kappa shape index (κ1) is 12.2. The second-order valence-corrected chi connectivity index (χ2v) is 4.17. The molecule has 1 aromatic heterocycles. The Morgan fingerprint density at radius 1 is 1.50 bits per heavy atom. The van der Waals surface area contributed by atoms with Crippen LogP contribution in [-0.2, 0) is 6.54 Å². The van der Waals surface area contributed by atoms with Crippen molar-refractivity contribution in [3.63, 3.8) is 0 Å². The Morgan fingerprint density at radius 2 is 2.28 bits per heavy atom. The summed E-state index contributed by atoms with van der Waals surface area (Å²) in [6.07, 6.45) is 3.34. The van der Waals surface area contributed by atoms with Gasteiger partial charge in [-0.15, -0.1) is 0 Å². The van der Waals surface area contributed by atoms with Crippen LogP contribution in [0.5, 0.6) is 5.75 Å². The zero-order valence-corrected chi connectivity index (χ0v) is 10.3. The molecule has 1 amide bonds. The first-order valence-electron chi connectivity index (χ1n) is 5.62. The highest BCUT2D eigenvalue weighted by molar-refractivity contribution is 5.97. The van der Waals surface area contributed by atoms with Gasteiger partial charge in [-0.05, 0) is 18.6 Å². The molecule has 18 heavy (non-hydrogen) atoms. The molecule has 0 saturated heterocycles. The maximum Gasteiger partial charge on any atom is 0.257 e.